The van der Waals surface area contributed by atoms with Crippen molar-refractivity contribution in [1.29, 1.82) is 0 Å². The largest absolute Gasteiger partial charge is 0.332 e. The number of nitrogens with one attached hydrogen (secondary N) is 2. The number of carbonyl (C=O) groups excluding carboxylic acids is 1. The first kappa shape index (κ1) is 21.2. The second-order valence-electron chi connectivity index (χ2n) is 7.54. The molecule has 0 fully saturated rings. The molecule has 5 aromatic rings. The summed E-state index contributed by atoms with van der Waals surface area (Å²) >= 11 is 6.92. The summed E-state index contributed by atoms with van der Waals surface area (Å²) in [5.41, 5.74) is 3.31. The Morgan fingerprint density at radius 2 is 1.91 bits per heavy atom. The summed E-state index contributed by atoms with van der Waals surface area (Å²) in [6.07, 6.45) is 0.760. The number of hydrogen-bond donors (Lipinski definition) is 2. The van der Waals surface area contributed by atoms with Crippen molar-refractivity contribution in [2.75, 3.05) is 5.32 Å². The third-order valence-electron chi connectivity index (χ3n) is 5.37. The summed E-state index contributed by atoms with van der Waals surface area (Å²) in [6, 6.07) is 19.4. The molecule has 2 N–H and O–H groups in total. The van der Waals surface area contributed by atoms with Crippen molar-refractivity contribution >= 4 is 56.0 Å². The van der Waals surface area contributed by atoms with Crippen LogP contribution in [0.5, 0.6) is 0 Å². The number of fused-ring (bicyclic) bond motifs is 2. The lowest BCUT2D eigenvalue weighted by atomic mass is 10.0. The van der Waals surface area contributed by atoms with E-state index in [1.165, 1.54) is 11.3 Å². The Morgan fingerprint density at radius 1 is 1.09 bits per heavy atom. The van der Waals surface area contributed by atoms with Gasteiger partial charge in [0.15, 0.2) is 10.9 Å². The number of anilines is 1. The van der Waals surface area contributed by atoms with E-state index in [0.717, 1.165) is 49.8 Å². The maximum Gasteiger partial charge on any atom is 0.258 e. The van der Waals surface area contributed by atoms with Gasteiger partial charge in [0.05, 0.1) is 0 Å². The molecule has 3 aromatic carbocycles. The van der Waals surface area contributed by atoms with Crippen LogP contribution in [-0.2, 0) is 6.42 Å². The standard InChI is InChI=1S/C24H20N6OS2/c1-3-20-27-28-24-30(20)29-22(33-24)16-12-11-14(2)19(13-16)25-23(32)26-21(31)18-10-6-8-15-7-4-5-9-17(15)18/h4-13H,3H2,1-2H3,(H2,25,26,31,32). The Balaban J connectivity index is 1.36. The number of nitrogens with zero attached hydrogens (tertiary/aromatic N) is 4. The smallest absolute Gasteiger partial charge is 0.258 e. The zero-order valence-corrected chi connectivity index (χ0v) is 19.6. The van der Waals surface area contributed by atoms with Crippen LogP contribution in [0.15, 0.2) is 60.7 Å². The van der Waals surface area contributed by atoms with Crippen LogP contribution in [0, 0.1) is 6.92 Å². The highest BCUT2D eigenvalue weighted by Crippen LogP contribution is 2.29. The van der Waals surface area contributed by atoms with Gasteiger partial charge in [0, 0.05) is 23.2 Å². The number of carbonyl (C=O) groups is 1. The molecule has 9 heteroatoms. The van der Waals surface area contributed by atoms with Crippen LogP contribution in [0.3, 0.4) is 0 Å². The van der Waals surface area contributed by atoms with Crippen LogP contribution < -0.4 is 10.6 Å². The Morgan fingerprint density at radius 3 is 2.76 bits per heavy atom. The van der Waals surface area contributed by atoms with E-state index >= 15 is 0 Å². The van der Waals surface area contributed by atoms with Crippen molar-refractivity contribution < 1.29 is 4.79 Å². The first-order valence-electron chi connectivity index (χ1n) is 10.5. The van der Waals surface area contributed by atoms with Gasteiger partial charge in [-0.05, 0) is 47.6 Å². The summed E-state index contributed by atoms with van der Waals surface area (Å²) in [6.45, 7) is 4.01. The molecular weight excluding hydrogens is 452 g/mol. The number of amides is 1. The lowest BCUT2D eigenvalue weighted by molar-refractivity contribution is 0.0979. The van der Waals surface area contributed by atoms with Crippen molar-refractivity contribution in [3.05, 3.63) is 77.6 Å². The lowest BCUT2D eigenvalue weighted by Gasteiger charge is -2.13. The second kappa shape index (κ2) is 8.68. The molecular formula is C24H20N6OS2. The summed E-state index contributed by atoms with van der Waals surface area (Å²) in [4.78, 5) is 13.7. The van der Waals surface area contributed by atoms with Crippen LogP contribution in [0.2, 0.25) is 0 Å². The highest BCUT2D eigenvalue weighted by Gasteiger charge is 2.15. The van der Waals surface area contributed by atoms with Gasteiger partial charge in [-0.3, -0.25) is 10.1 Å². The Labute approximate surface area is 199 Å². The minimum Gasteiger partial charge on any atom is -0.332 e. The predicted molar refractivity (Wildman–Crippen MR) is 136 cm³/mol. The van der Waals surface area contributed by atoms with Gasteiger partial charge >= 0.3 is 0 Å². The van der Waals surface area contributed by atoms with E-state index in [0.29, 0.717) is 5.56 Å². The molecule has 0 bridgehead atoms. The molecule has 0 unspecified atom stereocenters. The molecule has 7 nitrogen and oxygen atoms in total. The highest BCUT2D eigenvalue weighted by atomic mass is 32.1. The van der Waals surface area contributed by atoms with Crippen molar-refractivity contribution in [1.82, 2.24) is 25.1 Å². The lowest BCUT2D eigenvalue weighted by Crippen LogP contribution is -2.34. The van der Waals surface area contributed by atoms with E-state index in [4.69, 9.17) is 12.2 Å². The van der Waals surface area contributed by atoms with E-state index in [9.17, 15) is 4.79 Å². The molecule has 2 aromatic heterocycles. The fourth-order valence-electron chi connectivity index (χ4n) is 3.63. The Kier molecular flexibility index (Phi) is 5.57. The predicted octanol–water partition coefficient (Wildman–Crippen LogP) is 5.00. The van der Waals surface area contributed by atoms with Crippen LogP contribution in [0.1, 0.15) is 28.7 Å². The number of hydrogen-bond acceptors (Lipinski definition) is 6. The van der Waals surface area contributed by atoms with Crippen molar-refractivity contribution in [2.24, 2.45) is 0 Å². The third kappa shape index (κ3) is 4.08. The van der Waals surface area contributed by atoms with Crippen LogP contribution in [-0.4, -0.2) is 30.8 Å². The molecule has 0 aliphatic heterocycles. The summed E-state index contributed by atoms with van der Waals surface area (Å²) in [5, 5.41) is 21.9. The molecule has 2 heterocycles. The first-order chi connectivity index (χ1) is 16.0. The van der Waals surface area contributed by atoms with Crippen LogP contribution >= 0.6 is 23.6 Å². The zero-order valence-electron chi connectivity index (χ0n) is 18.0. The third-order valence-corrected chi connectivity index (χ3v) is 6.52. The topological polar surface area (TPSA) is 84.2 Å². The van der Waals surface area contributed by atoms with Gasteiger partial charge in [-0.2, -0.15) is 9.61 Å². The maximum atomic E-state index is 12.9. The molecule has 0 saturated heterocycles. The number of rotatable bonds is 4. The van der Waals surface area contributed by atoms with E-state index in [-0.39, 0.29) is 11.0 Å². The van der Waals surface area contributed by atoms with Gasteiger partial charge in [0.1, 0.15) is 5.01 Å². The summed E-state index contributed by atoms with van der Waals surface area (Å²) < 4.78 is 1.78. The summed E-state index contributed by atoms with van der Waals surface area (Å²) in [7, 11) is 0. The number of aromatic nitrogens is 4. The van der Waals surface area contributed by atoms with Crippen molar-refractivity contribution in [3.8, 4) is 10.6 Å². The SMILES string of the molecule is CCc1nnc2sc(-c3ccc(C)c(NC(=S)NC(=O)c4cccc5ccccc45)c3)nn12. The van der Waals surface area contributed by atoms with E-state index < -0.39 is 0 Å². The van der Waals surface area contributed by atoms with Gasteiger partial charge in [0.2, 0.25) is 4.96 Å². The second-order valence-corrected chi connectivity index (χ2v) is 8.90. The van der Waals surface area contributed by atoms with Crippen LogP contribution in [0.25, 0.3) is 26.3 Å². The number of thiocarbonyl (C=S) groups is 1. The number of benzene rings is 3. The van der Waals surface area contributed by atoms with E-state index in [1.807, 2.05) is 68.4 Å². The molecule has 33 heavy (non-hydrogen) atoms. The van der Waals surface area contributed by atoms with Gasteiger partial charge in [0.25, 0.3) is 5.91 Å². The van der Waals surface area contributed by atoms with Crippen molar-refractivity contribution in [3.63, 3.8) is 0 Å². The molecule has 5 rings (SSSR count). The van der Waals surface area contributed by atoms with Gasteiger partial charge in [-0.15, -0.1) is 10.2 Å². The maximum absolute atomic E-state index is 12.9. The average molecular weight is 473 g/mol. The molecule has 0 aliphatic rings. The Bertz CT molecular complexity index is 1520. The highest BCUT2D eigenvalue weighted by molar-refractivity contribution is 7.80. The quantitative estimate of drug-likeness (QED) is 0.358. The van der Waals surface area contributed by atoms with E-state index in [2.05, 4.69) is 25.9 Å². The fourth-order valence-corrected chi connectivity index (χ4v) is 4.69. The normalized spacial score (nSPS) is 11.1. The minimum atomic E-state index is -0.251. The molecule has 164 valence electrons. The molecule has 0 aliphatic carbocycles. The molecule has 0 radical (unpaired) electrons. The zero-order chi connectivity index (χ0) is 22.9. The van der Waals surface area contributed by atoms with Gasteiger partial charge < -0.3 is 5.32 Å². The number of aryl methyl sites for hydroxylation is 2. The van der Waals surface area contributed by atoms with Crippen molar-refractivity contribution in [2.45, 2.75) is 20.3 Å². The molecule has 1 amide bonds. The van der Waals surface area contributed by atoms with Gasteiger partial charge in [-0.1, -0.05) is 66.8 Å². The van der Waals surface area contributed by atoms with E-state index in [1.54, 1.807) is 10.6 Å². The first-order valence-corrected chi connectivity index (χ1v) is 11.7. The molecule has 0 atom stereocenters. The van der Waals surface area contributed by atoms with Gasteiger partial charge in [-0.25, -0.2) is 0 Å². The fraction of sp³-hybridized carbons (Fsp3) is 0.125. The van der Waals surface area contributed by atoms with Crippen LogP contribution in [0.4, 0.5) is 5.69 Å². The average Bonchev–Trinajstić information content (AvgIpc) is 3.41. The monoisotopic (exact) mass is 472 g/mol. The molecule has 0 spiro atoms. The Hall–Kier alpha value is -3.69. The minimum absolute atomic E-state index is 0.236. The molecule has 0 saturated carbocycles. The summed E-state index contributed by atoms with van der Waals surface area (Å²) in [5.74, 6) is 0.578.